The Balaban J connectivity index is 1.87. The maximum atomic E-state index is 6.17. The van der Waals surface area contributed by atoms with Crippen molar-refractivity contribution in [3.05, 3.63) is 70.2 Å². The summed E-state index contributed by atoms with van der Waals surface area (Å²) in [6.45, 7) is 0.574. The van der Waals surface area contributed by atoms with E-state index in [1.165, 1.54) is 5.56 Å². The van der Waals surface area contributed by atoms with Gasteiger partial charge < -0.3 is 16.0 Å². The molecule has 0 radical (unpaired) electrons. The summed E-state index contributed by atoms with van der Waals surface area (Å²) in [7, 11) is 0. The van der Waals surface area contributed by atoms with E-state index in [2.05, 4.69) is 22.4 Å². The normalized spacial score (nSPS) is 11.3. The third kappa shape index (κ3) is 3.07. The molecule has 1 aromatic heterocycles. The quantitative estimate of drug-likeness (QED) is 0.421. The number of halogens is 2. The number of anilines is 2. The Morgan fingerprint density at radius 3 is 2.40 bits per heavy atom. The summed E-state index contributed by atoms with van der Waals surface area (Å²) in [5.41, 5.74) is 11.2. The van der Waals surface area contributed by atoms with E-state index in [0.717, 1.165) is 49.6 Å². The van der Waals surface area contributed by atoms with Gasteiger partial charge in [0.2, 0.25) is 0 Å². The molecule has 3 nitrogen and oxygen atoms in total. The molecule has 0 atom stereocenters. The first kappa shape index (κ1) is 16.3. The summed E-state index contributed by atoms with van der Waals surface area (Å²) in [6.07, 6.45) is 0.772. The summed E-state index contributed by atoms with van der Waals surface area (Å²) < 4.78 is 0. The lowest BCUT2D eigenvalue weighted by atomic mass is 10.0. The molecule has 1 heterocycles. The molecule has 0 aliphatic carbocycles. The lowest BCUT2D eigenvalue weighted by Gasteiger charge is -2.13. The smallest absolute Gasteiger partial charge is 0.0518 e. The highest BCUT2D eigenvalue weighted by Crippen LogP contribution is 2.34. The van der Waals surface area contributed by atoms with Crippen LogP contribution in [0.4, 0.5) is 11.4 Å². The third-order valence-electron chi connectivity index (χ3n) is 4.36. The molecule has 25 heavy (non-hydrogen) atoms. The Morgan fingerprint density at radius 2 is 1.64 bits per heavy atom. The highest BCUT2D eigenvalue weighted by atomic mass is 35.5. The SMILES string of the molecule is NCCc1c(Nc2ccc(Cl)cc2)ccc2c1[nH]c1ccc(Cl)cc12. The molecule has 0 aliphatic rings. The number of nitrogens with two attached hydrogens (primary N) is 1. The molecule has 4 N–H and O–H groups in total. The molecule has 0 unspecified atom stereocenters. The number of hydrogen-bond acceptors (Lipinski definition) is 2. The second-order valence-corrected chi connectivity index (χ2v) is 6.87. The van der Waals surface area contributed by atoms with Gasteiger partial charge in [-0.15, -0.1) is 0 Å². The van der Waals surface area contributed by atoms with Crippen LogP contribution in [0.3, 0.4) is 0 Å². The first-order chi connectivity index (χ1) is 12.2. The van der Waals surface area contributed by atoms with Crippen LogP contribution in [0.2, 0.25) is 10.0 Å². The zero-order valence-corrected chi connectivity index (χ0v) is 15.0. The van der Waals surface area contributed by atoms with Gasteiger partial charge in [0.15, 0.2) is 0 Å². The molecular formula is C20H17Cl2N3. The second kappa shape index (κ2) is 6.60. The lowest BCUT2D eigenvalue weighted by molar-refractivity contribution is 0.976. The van der Waals surface area contributed by atoms with E-state index in [-0.39, 0.29) is 0 Å². The Kier molecular flexibility index (Phi) is 4.30. The lowest BCUT2D eigenvalue weighted by Crippen LogP contribution is -2.06. The first-order valence-electron chi connectivity index (χ1n) is 8.11. The van der Waals surface area contributed by atoms with E-state index in [4.69, 9.17) is 28.9 Å². The monoisotopic (exact) mass is 369 g/mol. The van der Waals surface area contributed by atoms with Crippen molar-refractivity contribution >= 4 is 56.4 Å². The van der Waals surface area contributed by atoms with Gasteiger partial charge in [-0.25, -0.2) is 0 Å². The van der Waals surface area contributed by atoms with Gasteiger partial charge >= 0.3 is 0 Å². The predicted octanol–water partition coefficient (Wildman–Crippen LogP) is 5.87. The van der Waals surface area contributed by atoms with Crippen LogP contribution < -0.4 is 11.1 Å². The van der Waals surface area contributed by atoms with Gasteiger partial charge in [-0.3, -0.25) is 0 Å². The van der Waals surface area contributed by atoms with E-state index < -0.39 is 0 Å². The van der Waals surface area contributed by atoms with Gasteiger partial charge in [0.25, 0.3) is 0 Å². The van der Waals surface area contributed by atoms with Crippen molar-refractivity contribution in [1.82, 2.24) is 4.98 Å². The van der Waals surface area contributed by atoms with Crippen molar-refractivity contribution in [1.29, 1.82) is 0 Å². The van der Waals surface area contributed by atoms with Crippen LogP contribution in [0.25, 0.3) is 21.8 Å². The van der Waals surface area contributed by atoms with Gasteiger partial charge in [0, 0.05) is 43.3 Å². The van der Waals surface area contributed by atoms with E-state index in [1.54, 1.807) is 0 Å². The van der Waals surface area contributed by atoms with Crippen LogP contribution in [0.15, 0.2) is 54.6 Å². The van der Waals surface area contributed by atoms with Crippen molar-refractivity contribution in [3.63, 3.8) is 0 Å². The van der Waals surface area contributed by atoms with Crippen molar-refractivity contribution in [2.45, 2.75) is 6.42 Å². The molecule has 4 aromatic rings. The van der Waals surface area contributed by atoms with Gasteiger partial charge in [0.05, 0.1) is 5.52 Å². The predicted molar refractivity (Wildman–Crippen MR) is 108 cm³/mol. The molecule has 0 saturated heterocycles. The number of benzene rings is 3. The van der Waals surface area contributed by atoms with Crippen LogP contribution in [0.5, 0.6) is 0 Å². The van der Waals surface area contributed by atoms with Crippen molar-refractivity contribution in [2.75, 3.05) is 11.9 Å². The van der Waals surface area contributed by atoms with Gasteiger partial charge in [-0.2, -0.15) is 0 Å². The molecule has 0 spiro atoms. The minimum Gasteiger partial charge on any atom is -0.355 e. The number of nitrogens with one attached hydrogen (secondary N) is 2. The minimum absolute atomic E-state index is 0.574. The molecule has 0 saturated carbocycles. The molecular weight excluding hydrogens is 353 g/mol. The number of hydrogen-bond donors (Lipinski definition) is 3. The number of aromatic amines is 1. The first-order valence-corrected chi connectivity index (χ1v) is 8.87. The molecule has 0 bridgehead atoms. The topological polar surface area (TPSA) is 53.8 Å². The third-order valence-corrected chi connectivity index (χ3v) is 4.85. The number of rotatable bonds is 4. The molecule has 126 valence electrons. The van der Waals surface area contributed by atoms with Gasteiger partial charge in [-0.1, -0.05) is 29.3 Å². The van der Waals surface area contributed by atoms with Gasteiger partial charge in [-0.05, 0) is 61.5 Å². The Hall–Kier alpha value is -2.20. The molecule has 0 fully saturated rings. The van der Waals surface area contributed by atoms with E-state index in [0.29, 0.717) is 6.54 Å². The molecule has 0 aliphatic heterocycles. The number of fused-ring (bicyclic) bond motifs is 3. The zero-order valence-electron chi connectivity index (χ0n) is 13.4. The maximum Gasteiger partial charge on any atom is 0.0518 e. The number of aromatic nitrogens is 1. The average molecular weight is 370 g/mol. The van der Waals surface area contributed by atoms with Crippen LogP contribution in [-0.4, -0.2) is 11.5 Å². The zero-order chi connectivity index (χ0) is 17.4. The van der Waals surface area contributed by atoms with E-state index in [1.807, 2.05) is 42.5 Å². The fraction of sp³-hybridized carbons (Fsp3) is 0.100. The van der Waals surface area contributed by atoms with Gasteiger partial charge in [0.1, 0.15) is 0 Å². The summed E-state index contributed by atoms with van der Waals surface area (Å²) >= 11 is 12.1. The van der Waals surface area contributed by atoms with Crippen LogP contribution in [-0.2, 0) is 6.42 Å². The minimum atomic E-state index is 0.574. The molecule has 3 aromatic carbocycles. The van der Waals surface area contributed by atoms with E-state index >= 15 is 0 Å². The van der Waals surface area contributed by atoms with Crippen LogP contribution in [0, 0.1) is 0 Å². The fourth-order valence-electron chi connectivity index (χ4n) is 3.21. The summed E-state index contributed by atoms with van der Waals surface area (Å²) in [5.74, 6) is 0. The summed E-state index contributed by atoms with van der Waals surface area (Å²) in [4.78, 5) is 3.52. The standard InChI is InChI=1S/C20H17Cl2N3/c21-12-1-4-14(5-2-12)24-18-8-6-15-17-11-13(22)3-7-19(17)25-20(15)16(18)9-10-23/h1-8,11,24-25H,9-10,23H2. The van der Waals surface area contributed by atoms with Crippen molar-refractivity contribution < 1.29 is 0 Å². The Bertz CT molecular complexity index is 1050. The van der Waals surface area contributed by atoms with Crippen molar-refractivity contribution in [3.8, 4) is 0 Å². The van der Waals surface area contributed by atoms with E-state index in [9.17, 15) is 0 Å². The molecule has 4 rings (SSSR count). The van der Waals surface area contributed by atoms with Crippen molar-refractivity contribution in [2.24, 2.45) is 5.73 Å². The highest BCUT2D eigenvalue weighted by molar-refractivity contribution is 6.32. The largest absolute Gasteiger partial charge is 0.355 e. The molecule has 0 amide bonds. The average Bonchev–Trinajstić information content (AvgIpc) is 2.97. The Labute approximate surface area is 155 Å². The second-order valence-electron chi connectivity index (χ2n) is 6.00. The fourth-order valence-corrected chi connectivity index (χ4v) is 3.51. The summed E-state index contributed by atoms with van der Waals surface area (Å²) in [6, 6.07) is 17.8. The highest BCUT2D eigenvalue weighted by Gasteiger charge is 2.12. The molecule has 5 heteroatoms. The maximum absolute atomic E-state index is 6.17. The number of H-pyrrole nitrogens is 1. The van der Waals surface area contributed by atoms with Crippen LogP contribution >= 0.6 is 23.2 Å². The summed E-state index contributed by atoms with van der Waals surface area (Å²) in [5, 5.41) is 7.20. The Morgan fingerprint density at radius 1 is 0.880 bits per heavy atom. The van der Waals surface area contributed by atoms with Crippen LogP contribution in [0.1, 0.15) is 5.56 Å².